The van der Waals surface area contributed by atoms with Crippen molar-refractivity contribution in [2.24, 2.45) is 0 Å². The molecule has 1 amide bonds. The average molecular weight is 529 g/mol. The second-order valence-corrected chi connectivity index (χ2v) is 9.07. The highest BCUT2D eigenvalue weighted by molar-refractivity contribution is 7.16. The maximum atomic E-state index is 12.6. The molecule has 10 nitrogen and oxygen atoms in total. The number of carbonyl (C=O) groups excluding carboxylic acids is 1. The molecule has 0 radical (unpaired) electrons. The maximum absolute atomic E-state index is 12.6. The molecule has 0 unspecified atom stereocenters. The number of nitrogens with zero attached hydrogens (tertiary/aromatic N) is 3. The van der Waals surface area contributed by atoms with E-state index in [2.05, 4.69) is 25.6 Å². The summed E-state index contributed by atoms with van der Waals surface area (Å²) in [6.45, 7) is 0.417. The van der Waals surface area contributed by atoms with Crippen LogP contribution in [0.5, 0.6) is 11.5 Å². The molecular formula is C27H24N6O4S. The number of hydrogen-bond donors (Lipinski definition) is 3. The van der Waals surface area contributed by atoms with Crippen molar-refractivity contribution in [3.05, 3.63) is 87.8 Å². The van der Waals surface area contributed by atoms with Crippen LogP contribution in [0.1, 0.15) is 15.9 Å². The number of pyridine rings is 1. The summed E-state index contributed by atoms with van der Waals surface area (Å²) in [5, 5.41) is 6.19. The van der Waals surface area contributed by atoms with E-state index in [4.69, 9.17) is 14.5 Å². The first-order valence-electron chi connectivity index (χ1n) is 11.7. The van der Waals surface area contributed by atoms with Gasteiger partial charge in [-0.25, -0.2) is 15.0 Å². The SMILES string of the molecule is COc1ccc(Nc2nc(-c3ccc(C(=O)NCCc4cc[nH]c(=O)c4)cc3)nc3scnc23)cc1OC. The molecule has 0 fully saturated rings. The number of fused-ring (bicyclic) bond motifs is 1. The van der Waals surface area contributed by atoms with E-state index in [0.29, 0.717) is 47.2 Å². The summed E-state index contributed by atoms with van der Waals surface area (Å²) in [5.74, 6) is 2.08. The molecule has 0 saturated heterocycles. The molecular weight excluding hydrogens is 504 g/mol. The van der Waals surface area contributed by atoms with Crippen LogP contribution in [0.15, 0.2) is 71.1 Å². The Bertz CT molecular complexity index is 1650. The highest BCUT2D eigenvalue weighted by atomic mass is 32.1. The largest absolute Gasteiger partial charge is 0.493 e. The third-order valence-corrected chi connectivity index (χ3v) is 6.51. The van der Waals surface area contributed by atoms with Crippen LogP contribution in [0, 0.1) is 0 Å². The number of ether oxygens (including phenoxy) is 2. The number of H-pyrrole nitrogens is 1. The zero-order valence-electron chi connectivity index (χ0n) is 20.6. The van der Waals surface area contributed by atoms with Crippen molar-refractivity contribution in [3.8, 4) is 22.9 Å². The summed E-state index contributed by atoms with van der Waals surface area (Å²) in [7, 11) is 3.17. The first-order valence-corrected chi connectivity index (χ1v) is 12.6. The number of benzene rings is 2. The fourth-order valence-corrected chi connectivity index (χ4v) is 4.52. The first-order chi connectivity index (χ1) is 18.5. The number of nitrogens with one attached hydrogen (secondary N) is 3. The van der Waals surface area contributed by atoms with Gasteiger partial charge in [0.1, 0.15) is 10.3 Å². The van der Waals surface area contributed by atoms with E-state index in [1.165, 1.54) is 17.4 Å². The number of thiazole rings is 1. The lowest BCUT2D eigenvalue weighted by Crippen LogP contribution is -2.25. The molecule has 0 aliphatic rings. The standard InChI is InChI=1S/C27H24N6O4S/c1-36-20-8-7-19(14-21(20)37-2)31-25-23-27(38-15-30-23)33-24(32-25)17-3-5-18(6-4-17)26(35)29-12-10-16-9-11-28-22(34)13-16/h3-9,11,13-15H,10,12H2,1-2H3,(H,28,34)(H,29,35)(H,31,32,33). The number of rotatable bonds is 9. The molecule has 5 aromatic rings. The van der Waals surface area contributed by atoms with Gasteiger partial charge in [-0.05, 0) is 42.3 Å². The highest BCUT2D eigenvalue weighted by Crippen LogP contribution is 2.33. The summed E-state index contributed by atoms with van der Waals surface area (Å²) in [6.07, 6.45) is 2.16. The Balaban J connectivity index is 1.33. The van der Waals surface area contributed by atoms with E-state index in [1.807, 2.05) is 36.4 Å². The van der Waals surface area contributed by atoms with E-state index < -0.39 is 0 Å². The Morgan fingerprint density at radius 2 is 1.82 bits per heavy atom. The Morgan fingerprint density at radius 3 is 2.58 bits per heavy atom. The molecule has 11 heteroatoms. The molecule has 192 valence electrons. The van der Waals surface area contributed by atoms with Crippen LogP contribution in [0.3, 0.4) is 0 Å². The summed E-state index contributed by atoms with van der Waals surface area (Å²) < 4.78 is 10.7. The van der Waals surface area contributed by atoms with E-state index in [0.717, 1.165) is 21.6 Å². The third-order valence-electron chi connectivity index (χ3n) is 5.79. The molecule has 0 atom stereocenters. The molecule has 0 aliphatic carbocycles. The van der Waals surface area contributed by atoms with Crippen LogP contribution in [-0.4, -0.2) is 46.6 Å². The van der Waals surface area contributed by atoms with Gasteiger partial charge < -0.3 is 25.1 Å². The van der Waals surface area contributed by atoms with Gasteiger partial charge in [0.25, 0.3) is 5.91 Å². The summed E-state index contributed by atoms with van der Waals surface area (Å²) in [5.41, 5.74) is 5.11. The van der Waals surface area contributed by atoms with Crippen molar-refractivity contribution in [3.63, 3.8) is 0 Å². The molecule has 38 heavy (non-hydrogen) atoms. The Kier molecular flexibility index (Phi) is 7.27. The molecule has 0 aliphatic heterocycles. The number of anilines is 2. The van der Waals surface area contributed by atoms with E-state index in [1.54, 1.807) is 38.1 Å². The van der Waals surface area contributed by atoms with Crippen molar-refractivity contribution in [2.45, 2.75) is 6.42 Å². The smallest absolute Gasteiger partial charge is 0.251 e. The van der Waals surface area contributed by atoms with Crippen LogP contribution in [0.25, 0.3) is 21.7 Å². The van der Waals surface area contributed by atoms with Crippen LogP contribution in [0.2, 0.25) is 0 Å². The van der Waals surface area contributed by atoms with Gasteiger partial charge in [-0.1, -0.05) is 12.1 Å². The van der Waals surface area contributed by atoms with Gasteiger partial charge in [0.2, 0.25) is 5.56 Å². The van der Waals surface area contributed by atoms with E-state index >= 15 is 0 Å². The average Bonchev–Trinajstić information content (AvgIpc) is 3.42. The van der Waals surface area contributed by atoms with Crippen LogP contribution >= 0.6 is 11.3 Å². The molecule has 5 rings (SSSR count). The topological polar surface area (TPSA) is 131 Å². The van der Waals surface area contributed by atoms with Crippen molar-refractivity contribution in [2.75, 3.05) is 26.1 Å². The van der Waals surface area contributed by atoms with Gasteiger partial charge in [-0.2, -0.15) is 0 Å². The molecule has 3 heterocycles. The predicted molar refractivity (Wildman–Crippen MR) is 147 cm³/mol. The lowest BCUT2D eigenvalue weighted by atomic mass is 10.1. The maximum Gasteiger partial charge on any atom is 0.251 e. The Hall–Kier alpha value is -4.77. The van der Waals surface area contributed by atoms with Crippen LogP contribution < -0.4 is 25.7 Å². The molecule has 2 aromatic carbocycles. The Labute approximate surface area is 221 Å². The van der Waals surface area contributed by atoms with Crippen LogP contribution in [-0.2, 0) is 6.42 Å². The van der Waals surface area contributed by atoms with Gasteiger partial charge in [0, 0.05) is 41.7 Å². The summed E-state index contributed by atoms with van der Waals surface area (Å²) in [6, 6.07) is 15.9. The zero-order chi connectivity index (χ0) is 26.5. The molecule has 0 saturated carbocycles. The molecule has 3 N–H and O–H groups in total. The quantitative estimate of drug-likeness (QED) is 0.260. The third kappa shape index (κ3) is 5.47. The van der Waals surface area contributed by atoms with Gasteiger partial charge >= 0.3 is 0 Å². The second-order valence-electron chi connectivity index (χ2n) is 8.24. The lowest BCUT2D eigenvalue weighted by Gasteiger charge is -2.12. The van der Waals surface area contributed by atoms with Crippen molar-refractivity contribution in [1.82, 2.24) is 25.3 Å². The number of carbonyl (C=O) groups is 1. The minimum absolute atomic E-state index is 0.162. The van der Waals surface area contributed by atoms with Gasteiger partial charge in [-0.3, -0.25) is 9.59 Å². The van der Waals surface area contributed by atoms with Gasteiger partial charge in [-0.15, -0.1) is 11.3 Å². The molecule has 3 aromatic heterocycles. The van der Waals surface area contributed by atoms with Gasteiger partial charge in [0.05, 0.1) is 19.7 Å². The van der Waals surface area contributed by atoms with Crippen LogP contribution in [0.4, 0.5) is 11.5 Å². The fraction of sp³-hybridized carbons (Fsp3) is 0.148. The lowest BCUT2D eigenvalue weighted by molar-refractivity contribution is 0.0954. The first kappa shape index (κ1) is 24.9. The Morgan fingerprint density at radius 1 is 1.00 bits per heavy atom. The molecule has 0 bridgehead atoms. The minimum Gasteiger partial charge on any atom is -0.493 e. The summed E-state index contributed by atoms with van der Waals surface area (Å²) in [4.78, 5) is 41.1. The number of methoxy groups -OCH3 is 2. The number of aromatic amines is 1. The van der Waals surface area contributed by atoms with E-state index in [-0.39, 0.29) is 11.5 Å². The van der Waals surface area contributed by atoms with Gasteiger partial charge in [0.15, 0.2) is 23.1 Å². The minimum atomic E-state index is -0.198. The fourth-order valence-electron chi connectivity index (χ4n) is 3.87. The summed E-state index contributed by atoms with van der Waals surface area (Å²) >= 11 is 1.42. The predicted octanol–water partition coefficient (Wildman–Crippen LogP) is 4.17. The number of aromatic nitrogens is 4. The monoisotopic (exact) mass is 528 g/mol. The van der Waals surface area contributed by atoms with Crippen molar-refractivity contribution >= 4 is 39.1 Å². The van der Waals surface area contributed by atoms with Crippen molar-refractivity contribution < 1.29 is 14.3 Å². The highest BCUT2D eigenvalue weighted by Gasteiger charge is 2.14. The zero-order valence-corrected chi connectivity index (χ0v) is 21.5. The van der Waals surface area contributed by atoms with E-state index in [9.17, 15) is 9.59 Å². The molecule has 0 spiro atoms. The number of amides is 1. The van der Waals surface area contributed by atoms with Crippen molar-refractivity contribution in [1.29, 1.82) is 0 Å². The second kappa shape index (κ2) is 11.1. The number of hydrogen-bond acceptors (Lipinski definition) is 9. The normalized spacial score (nSPS) is 10.8.